The molecule has 2 unspecified atom stereocenters. The van der Waals surface area contributed by atoms with Gasteiger partial charge in [-0.2, -0.15) is 5.26 Å². The van der Waals surface area contributed by atoms with Crippen molar-refractivity contribution in [2.75, 3.05) is 6.61 Å². The number of ether oxygens (including phenoxy) is 1. The van der Waals surface area contributed by atoms with E-state index < -0.39 is 11.5 Å². The number of nitrogens with zero attached hydrogens (tertiary/aromatic N) is 1. The Labute approximate surface area is 195 Å². The van der Waals surface area contributed by atoms with Crippen LogP contribution in [0, 0.1) is 58.1 Å². The third-order valence-electron chi connectivity index (χ3n) is 10.1. The monoisotopic (exact) mass is 455 g/mol. The lowest BCUT2D eigenvalue weighted by molar-refractivity contribution is -0.146. The molecule has 178 valence electrons. The topological polar surface area (TPSA) is 50.1 Å². The van der Waals surface area contributed by atoms with Crippen LogP contribution in [0.4, 0.5) is 8.78 Å². The van der Waals surface area contributed by atoms with Gasteiger partial charge in [0.2, 0.25) is 0 Å². The first-order chi connectivity index (χ1) is 15.8. The summed E-state index contributed by atoms with van der Waals surface area (Å²) >= 11 is 0. The molecule has 8 atom stereocenters. The number of ketones is 1. The van der Waals surface area contributed by atoms with Crippen molar-refractivity contribution >= 4 is 5.78 Å². The van der Waals surface area contributed by atoms with E-state index in [1.165, 1.54) is 18.2 Å². The Morgan fingerprint density at radius 3 is 2.73 bits per heavy atom. The van der Waals surface area contributed by atoms with Crippen LogP contribution in [0.3, 0.4) is 0 Å². The summed E-state index contributed by atoms with van der Waals surface area (Å²) in [5.41, 5.74) is -1.13. The molecule has 4 fully saturated rings. The van der Waals surface area contributed by atoms with Crippen molar-refractivity contribution in [3.8, 4) is 11.8 Å². The second kappa shape index (κ2) is 8.36. The van der Waals surface area contributed by atoms with Gasteiger partial charge in [-0.3, -0.25) is 4.79 Å². The van der Waals surface area contributed by atoms with Gasteiger partial charge in [-0.1, -0.05) is 13.8 Å². The van der Waals surface area contributed by atoms with Gasteiger partial charge in [0, 0.05) is 12.0 Å². The summed E-state index contributed by atoms with van der Waals surface area (Å²) in [6.07, 6.45) is 8.52. The van der Waals surface area contributed by atoms with Crippen LogP contribution in [0.1, 0.15) is 77.2 Å². The quantitative estimate of drug-likeness (QED) is 0.511. The molecule has 0 amide bonds. The predicted octanol–water partition coefficient (Wildman–Crippen LogP) is 6.64. The predicted molar refractivity (Wildman–Crippen MR) is 122 cm³/mol. The summed E-state index contributed by atoms with van der Waals surface area (Å²) in [6, 6.07) is 5.86. The zero-order chi connectivity index (χ0) is 23.4. The Bertz CT molecular complexity index is 973. The lowest BCUT2D eigenvalue weighted by Crippen LogP contribution is -2.56. The van der Waals surface area contributed by atoms with E-state index in [1.807, 2.05) is 0 Å². The molecule has 0 bridgehead atoms. The summed E-state index contributed by atoms with van der Waals surface area (Å²) < 4.78 is 35.9. The summed E-state index contributed by atoms with van der Waals surface area (Å²) in [6.45, 7) is 4.44. The molecule has 0 spiro atoms. The molecule has 4 saturated carbocycles. The third-order valence-corrected chi connectivity index (χ3v) is 10.1. The van der Waals surface area contributed by atoms with Gasteiger partial charge in [-0.15, -0.1) is 0 Å². The number of nitriles is 1. The number of fused-ring (bicyclic) bond motifs is 5. The molecule has 0 N–H and O–H groups in total. The Balaban J connectivity index is 1.27. The van der Waals surface area contributed by atoms with Gasteiger partial charge in [0.1, 0.15) is 29.9 Å². The highest BCUT2D eigenvalue weighted by Gasteiger charge is 2.62. The number of Topliss-reactive ketones (excluding diaryl/α,β-unsaturated/α-hetero) is 1. The first kappa shape index (κ1) is 22.8. The number of alkyl halides is 1. The van der Waals surface area contributed by atoms with Crippen molar-refractivity contribution in [3.63, 3.8) is 0 Å². The molecule has 3 nitrogen and oxygen atoms in total. The average molecular weight is 456 g/mol. The van der Waals surface area contributed by atoms with Crippen LogP contribution in [-0.4, -0.2) is 18.1 Å². The van der Waals surface area contributed by atoms with Crippen LogP contribution in [0.15, 0.2) is 18.2 Å². The molecule has 1 aromatic rings. The molecule has 0 heterocycles. The number of halogens is 2. The summed E-state index contributed by atoms with van der Waals surface area (Å²) in [5, 5.41) is 8.88. The number of hydrogen-bond donors (Lipinski definition) is 0. The standard InChI is InChI=1S/C28H35F2NO2/c1-17-9-12-28(30)19(13-17)4-6-21-22-7-8-24(27(22,2)11-10-23(21)28)26(32)16-33-20-5-3-18(15-31)25(29)14-20/h3,5,14,17,19,21-24H,4,6-13,16H2,1-2H3/t17-,19+,21-,22?,23?,24+,27-,28+/m0/s1. The molecule has 5 heteroatoms. The van der Waals surface area contributed by atoms with Crippen molar-refractivity contribution in [2.45, 2.75) is 77.3 Å². The van der Waals surface area contributed by atoms with Gasteiger partial charge in [-0.05, 0) is 105 Å². The third kappa shape index (κ3) is 3.69. The fourth-order valence-electron chi connectivity index (χ4n) is 8.46. The van der Waals surface area contributed by atoms with E-state index in [4.69, 9.17) is 10.00 Å². The van der Waals surface area contributed by atoms with Gasteiger partial charge in [-0.25, -0.2) is 8.78 Å². The Morgan fingerprint density at radius 2 is 1.97 bits per heavy atom. The molecule has 0 saturated heterocycles. The van der Waals surface area contributed by atoms with E-state index in [1.54, 1.807) is 6.07 Å². The maximum Gasteiger partial charge on any atom is 0.173 e. The highest BCUT2D eigenvalue weighted by molar-refractivity contribution is 5.83. The molecule has 5 rings (SSSR count). The molecule has 33 heavy (non-hydrogen) atoms. The number of benzene rings is 1. The number of carbonyl (C=O) groups is 1. The van der Waals surface area contributed by atoms with E-state index in [9.17, 15) is 9.18 Å². The summed E-state index contributed by atoms with van der Waals surface area (Å²) in [4.78, 5) is 13.2. The second-order valence-corrected chi connectivity index (χ2v) is 11.6. The van der Waals surface area contributed by atoms with Crippen LogP contribution in [-0.2, 0) is 4.79 Å². The smallest absolute Gasteiger partial charge is 0.173 e. The number of rotatable bonds is 4. The van der Waals surface area contributed by atoms with Gasteiger partial charge in [0.05, 0.1) is 5.56 Å². The Hall–Kier alpha value is -1.96. The molecule has 4 aliphatic carbocycles. The van der Waals surface area contributed by atoms with Gasteiger partial charge < -0.3 is 4.74 Å². The lowest BCUT2D eigenvalue weighted by Gasteiger charge is -2.58. The number of hydrogen-bond acceptors (Lipinski definition) is 3. The van der Waals surface area contributed by atoms with E-state index in [-0.39, 0.29) is 46.9 Å². The van der Waals surface area contributed by atoms with Crippen LogP contribution >= 0.6 is 0 Å². The number of carbonyl (C=O) groups excluding carboxylic acids is 1. The van der Waals surface area contributed by atoms with Crippen LogP contribution in [0.2, 0.25) is 0 Å². The van der Waals surface area contributed by atoms with Crippen molar-refractivity contribution in [1.29, 1.82) is 5.26 Å². The average Bonchev–Trinajstić information content (AvgIpc) is 3.15. The maximum atomic E-state index is 16.4. The van der Waals surface area contributed by atoms with Gasteiger partial charge in [0.15, 0.2) is 5.78 Å². The maximum absolute atomic E-state index is 16.4. The molecular weight excluding hydrogens is 420 g/mol. The summed E-state index contributed by atoms with van der Waals surface area (Å²) in [5.74, 6) is 1.46. The minimum absolute atomic E-state index is 0.0376. The van der Waals surface area contributed by atoms with E-state index in [2.05, 4.69) is 13.8 Å². The molecule has 0 radical (unpaired) electrons. The fourth-order valence-corrected chi connectivity index (χ4v) is 8.46. The largest absolute Gasteiger partial charge is 0.486 e. The van der Waals surface area contributed by atoms with Gasteiger partial charge >= 0.3 is 0 Å². The molecule has 1 aromatic carbocycles. The second-order valence-electron chi connectivity index (χ2n) is 11.6. The van der Waals surface area contributed by atoms with Crippen LogP contribution in [0.5, 0.6) is 5.75 Å². The SMILES string of the molecule is C[C@H]1CC[C@]2(F)C3CC[C@@]4(C)C(CC[C@@H]4C(=O)COc4ccc(C#N)c(F)c4)[C@@H]3CC[C@@H]2C1. The first-order valence-corrected chi connectivity index (χ1v) is 12.8. The van der Waals surface area contributed by atoms with Crippen molar-refractivity contribution in [2.24, 2.45) is 40.9 Å². The fraction of sp³-hybridized carbons (Fsp3) is 0.714. The highest BCUT2D eigenvalue weighted by atomic mass is 19.1. The zero-order valence-corrected chi connectivity index (χ0v) is 19.8. The van der Waals surface area contributed by atoms with Gasteiger partial charge in [0.25, 0.3) is 0 Å². The normalized spacial score (nSPS) is 41.9. The van der Waals surface area contributed by atoms with E-state index in [0.29, 0.717) is 17.8 Å². The molecule has 4 aliphatic rings. The molecular formula is C28H35F2NO2. The van der Waals surface area contributed by atoms with Crippen molar-refractivity contribution in [3.05, 3.63) is 29.6 Å². The minimum Gasteiger partial charge on any atom is -0.486 e. The van der Waals surface area contributed by atoms with Crippen molar-refractivity contribution < 1.29 is 18.3 Å². The minimum atomic E-state index is -0.998. The first-order valence-electron chi connectivity index (χ1n) is 12.8. The Morgan fingerprint density at radius 1 is 1.15 bits per heavy atom. The van der Waals surface area contributed by atoms with Crippen LogP contribution < -0.4 is 4.74 Å². The lowest BCUT2D eigenvalue weighted by atomic mass is 9.48. The Kier molecular flexibility index (Phi) is 5.78. The summed E-state index contributed by atoms with van der Waals surface area (Å²) in [7, 11) is 0. The van der Waals surface area contributed by atoms with E-state index >= 15 is 4.39 Å². The zero-order valence-electron chi connectivity index (χ0n) is 19.8. The van der Waals surface area contributed by atoms with Crippen LogP contribution in [0.25, 0.3) is 0 Å². The molecule has 0 aliphatic heterocycles. The highest BCUT2D eigenvalue weighted by Crippen LogP contribution is 2.66. The van der Waals surface area contributed by atoms with Crippen molar-refractivity contribution in [1.82, 2.24) is 0 Å². The molecule has 0 aromatic heterocycles. The van der Waals surface area contributed by atoms with E-state index in [0.717, 1.165) is 57.8 Å².